The van der Waals surface area contributed by atoms with Gasteiger partial charge in [0.15, 0.2) is 0 Å². The summed E-state index contributed by atoms with van der Waals surface area (Å²) in [5.74, 6) is 0.568. The van der Waals surface area contributed by atoms with Gasteiger partial charge < -0.3 is 9.84 Å². The van der Waals surface area contributed by atoms with Gasteiger partial charge in [-0.15, -0.1) is 0 Å². The van der Waals surface area contributed by atoms with E-state index >= 15 is 0 Å². The minimum absolute atomic E-state index is 0.568. The number of aryl methyl sites for hydroxylation is 1. The second-order valence-corrected chi connectivity index (χ2v) is 8.69. The first kappa shape index (κ1) is 26.5. The topological polar surface area (TPSA) is 46.5 Å². The molecule has 0 saturated heterocycles. The van der Waals surface area contributed by atoms with Crippen molar-refractivity contribution >= 4 is 6.16 Å². The van der Waals surface area contributed by atoms with Crippen molar-refractivity contribution in [2.75, 3.05) is 0 Å². The van der Waals surface area contributed by atoms with E-state index in [0.29, 0.717) is 5.75 Å². The Hall–Kier alpha value is -1.51. The van der Waals surface area contributed by atoms with E-state index in [9.17, 15) is 9.90 Å². The maximum Gasteiger partial charge on any atom is 0.511 e. The zero-order chi connectivity index (χ0) is 22.0. The van der Waals surface area contributed by atoms with Crippen molar-refractivity contribution in [3.05, 3.63) is 28.8 Å². The number of hydrogen-bond donors (Lipinski definition) is 1. The summed E-state index contributed by atoms with van der Waals surface area (Å²) < 4.78 is 5.22. The molecule has 0 aliphatic carbocycles. The molecule has 0 fully saturated rings. The van der Waals surface area contributed by atoms with Crippen LogP contribution in [0.4, 0.5) is 4.79 Å². The van der Waals surface area contributed by atoms with Crippen molar-refractivity contribution in [3.63, 3.8) is 0 Å². The second-order valence-electron chi connectivity index (χ2n) is 8.69. The summed E-state index contributed by atoms with van der Waals surface area (Å²) in [6, 6.07) is 4.04. The molecule has 0 saturated carbocycles. The van der Waals surface area contributed by atoms with E-state index in [1.807, 2.05) is 6.07 Å². The largest absolute Gasteiger partial charge is 0.511 e. The monoisotopic (exact) mass is 418 g/mol. The minimum Gasteiger partial charge on any atom is -0.449 e. The van der Waals surface area contributed by atoms with Crippen LogP contribution in [0.15, 0.2) is 12.1 Å². The highest BCUT2D eigenvalue weighted by molar-refractivity contribution is 5.63. The lowest BCUT2D eigenvalue weighted by molar-refractivity contribution is 0.144. The molecular weight excluding hydrogens is 372 g/mol. The van der Waals surface area contributed by atoms with E-state index in [4.69, 9.17) is 4.74 Å². The van der Waals surface area contributed by atoms with Gasteiger partial charge in [0.2, 0.25) is 0 Å². The van der Waals surface area contributed by atoms with E-state index in [0.717, 1.165) is 31.2 Å². The molecule has 0 amide bonds. The van der Waals surface area contributed by atoms with Crippen LogP contribution in [0, 0.1) is 0 Å². The van der Waals surface area contributed by atoms with E-state index in [1.165, 1.54) is 94.6 Å². The Bertz CT molecular complexity index is 580. The van der Waals surface area contributed by atoms with Gasteiger partial charge in [0.1, 0.15) is 5.75 Å². The third kappa shape index (κ3) is 11.0. The molecule has 0 heterocycles. The molecular formula is C27H46O3. The molecule has 1 aromatic rings. The number of benzene rings is 1. The van der Waals surface area contributed by atoms with Gasteiger partial charge in [-0.25, -0.2) is 4.79 Å². The first-order valence-electron chi connectivity index (χ1n) is 12.7. The van der Waals surface area contributed by atoms with Crippen LogP contribution in [-0.4, -0.2) is 11.3 Å². The van der Waals surface area contributed by atoms with Crippen molar-refractivity contribution in [1.82, 2.24) is 0 Å². The zero-order valence-corrected chi connectivity index (χ0v) is 19.9. The Kier molecular flexibility index (Phi) is 15.2. The van der Waals surface area contributed by atoms with Crippen LogP contribution in [0.25, 0.3) is 0 Å². The first-order chi connectivity index (χ1) is 14.6. The average molecular weight is 419 g/mol. The summed E-state index contributed by atoms with van der Waals surface area (Å²) in [5.41, 5.74) is 3.97. The second kappa shape index (κ2) is 17.2. The third-order valence-electron chi connectivity index (χ3n) is 6.04. The fraction of sp³-hybridized carbons (Fsp3) is 0.741. The highest BCUT2D eigenvalue weighted by Gasteiger charge is 2.16. The predicted molar refractivity (Wildman–Crippen MR) is 128 cm³/mol. The number of ether oxygens (including phenoxy) is 1. The third-order valence-corrected chi connectivity index (χ3v) is 6.04. The quantitative estimate of drug-likeness (QED) is 0.147. The molecule has 0 spiro atoms. The lowest BCUT2D eigenvalue weighted by Crippen LogP contribution is -2.09. The highest BCUT2D eigenvalue weighted by Crippen LogP contribution is 2.31. The van der Waals surface area contributed by atoms with Crippen LogP contribution in [0.2, 0.25) is 0 Å². The fourth-order valence-corrected chi connectivity index (χ4v) is 4.28. The van der Waals surface area contributed by atoms with Gasteiger partial charge in [0.05, 0.1) is 0 Å². The van der Waals surface area contributed by atoms with Crippen molar-refractivity contribution in [1.29, 1.82) is 0 Å². The molecule has 0 radical (unpaired) electrons. The van der Waals surface area contributed by atoms with E-state index in [2.05, 4.69) is 26.8 Å². The summed E-state index contributed by atoms with van der Waals surface area (Å²) in [6.45, 7) is 6.73. The number of unbranched alkanes of at least 4 members (excludes halogenated alkanes) is 11. The maximum atomic E-state index is 11.3. The predicted octanol–water partition coefficient (Wildman–Crippen LogP) is 8.89. The summed E-state index contributed by atoms with van der Waals surface area (Å²) >= 11 is 0. The lowest BCUT2D eigenvalue weighted by Gasteiger charge is -2.19. The first-order valence-corrected chi connectivity index (χ1v) is 12.7. The van der Waals surface area contributed by atoms with E-state index in [1.54, 1.807) is 0 Å². The molecule has 172 valence electrons. The van der Waals surface area contributed by atoms with Crippen LogP contribution in [0.1, 0.15) is 127 Å². The van der Waals surface area contributed by atoms with Gasteiger partial charge in [0, 0.05) is 0 Å². The number of rotatable bonds is 18. The number of carbonyl (C=O) groups is 1. The normalized spacial score (nSPS) is 11.0. The van der Waals surface area contributed by atoms with Crippen LogP contribution < -0.4 is 4.74 Å². The van der Waals surface area contributed by atoms with Gasteiger partial charge in [0.25, 0.3) is 0 Å². The molecule has 0 atom stereocenters. The molecule has 3 nitrogen and oxygen atoms in total. The minimum atomic E-state index is -1.20. The van der Waals surface area contributed by atoms with Gasteiger partial charge in [-0.2, -0.15) is 0 Å². The average Bonchev–Trinajstić information content (AvgIpc) is 2.72. The van der Waals surface area contributed by atoms with Crippen molar-refractivity contribution in [2.24, 2.45) is 0 Å². The smallest absolute Gasteiger partial charge is 0.449 e. The summed E-state index contributed by atoms with van der Waals surface area (Å²) in [4.78, 5) is 11.3. The standard InChI is InChI=1S/C27H46O3/c1-4-7-10-13-16-19-24-23(18-15-12-9-6-3)21-22-26(30-27(28)29)25(24)20-17-14-11-8-5-2/h21-22H,4-20H2,1-3H3,(H,28,29). The summed E-state index contributed by atoms with van der Waals surface area (Å²) in [6.07, 6.45) is 19.3. The maximum absolute atomic E-state index is 11.3. The molecule has 3 heteroatoms. The Labute approximate surface area is 185 Å². The van der Waals surface area contributed by atoms with E-state index < -0.39 is 6.16 Å². The van der Waals surface area contributed by atoms with Crippen molar-refractivity contribution < 1.29 is 14.6 Å². The Morgan fingerprint density at radius 2 is 1.13 bits per heavy atom. The van der Waals surface area contributed by atoms with Gasteiger partial charge >= 0.3 is 6.16 Å². The van der Waals surface area contributed by atoms with Crippen molar-refractivity contribution in [2.45, 2.75) is 130 Å². The summed E-state index contributed by atoms with van der Waals surface area (Å²) in [7, 11) is 0. The van der Waals surface area contributed by atoms with Crippen LogP contribution >= 0.6 is 0 Å². The Morgan fingerprint density at radius 3 is 1.67 bits per heavy atom. The molecule has 1 aromatic carbocycles. The number of hydrogen-bond acceptors (Lipinski definition) is 2. The lowest BCUT2D eigenvalue weighted by atomic mass is 9.89. The highest BCUT2D eigenvalue weighted by atomic mass is 16.7. The molecule has 0 bridgehead atoms. The molecule has 0 unspecified atom stereocenters. The van der Waals surface area contributed by atoms with Crippen LogP contribution in [0.3, 0.4) is 0 Å². The summed E-state index contributed by atoms with van der Waals surface area (Å²) in [5, 5.41) is 9.24. The Morgan fingerprint density at radius 1 is 0.667 bits per heavy atom. The zero-order valence-electron chi connectivity index (χ0n) is 19.9. The van der Waals surface area contributed by atoms with Crippen LogP contribution in [0.5, 0.6) is 5.75 Å². The van der Waals surface area contributed by atoms with Gasteiger partial charge in [-0.05, 0) is 61.3 Å². The van der Waals surface area contributed by atoms with Crippen molar-refractivity contribution in [3.8, 4) is 5.75 Å². The molecule has 0 aliphatic rings. The van der Waals surface area contributed by atoms with Gasteiger partial charge in [-0.3, -0.25) is 0 Å². The van der Waals surface area contributed by atoms with Gasteiger partial charge in [-0.1, -0.05) is 97.5 Å². The SMILES string of the molecule is CCCCCCCc1c(CCCCCC)ccc(OC(=O)O)c1CCCCCCC. The molecule has 30 heavy (non-hydrogen) atoms. The molecule has 1 N–H and O–H groups in total. The molecule has 0 aromatic heterocycles. The number of carboxylic acid groups (broad SMARTS) is 1. The molecule has 0 aliphatic heterocycles. The Balaban J connectivity index is 2.99. The van der Waals surface area contributed by atoms with Crippen LogP contribution in [-0.2, 0) is 19.3 Å². The van der Waals surface area contributed by atoms with E-state index in [-0.39, 0.29) is 0 Å². The molecule has 1 rings (SSSR count). The fourth-order valence-electron chi connectivity index (χ4n) is 4.28.